The predicted octanol–water partition coefficient (Wildman–Crippen LogP) is 4.52. The van der Waals surface area contributed by atoms with E-state index < -0.39 is 0 Å². The number of rotatable bonds is 5. The highest BCUT2D eigenvalue weighted by Crippen LogP contribution is 2.32. The summed E-state index contributed by atoms with van der Waals surface area (Å²) < 4.78 is 11.3. The van der Waals surface area contributed by atoms with Crippen molar-refractivity contribution >= 4 is 23.4 Å². The largest absolute Gasteiger partial charge is 0.490 e. The van der Waals surface area contributed by atoms with Crippen LogP contribution in [0.3, 0.4) is 0 Å². The maximum Gasteiger partial charge on any atom is 0.163 e. The SMILES string of the molecule is CCOc1cc2ncc(-c3ccccc3)nc2cc1OCC.Cl. The molecule has 0 saturated carbocycles. The molecule has 4 nitrogen and oxygen atoms in total. The van der Waals surface area contributed by atoms with Crippen molar-refractivity contribution in [3.8, 4) is 22.8 Å². The van der Waals surface area contributed by atoms with Crippen LogP contribution < -0.4 is 9.47 Å². The zero-order chi connectivity index (χ0) is 15.4. The van der Waals surface area contributed by atoms with Crippen LogP contribution in [0.1, 0.15) is 13.8 Å². The second kappa shape index (κ2) is 7.79. The fourth-order valence-corrected chi connectivity index (χ4v) is 2.31. The molecule has 0 bridgehead atoms. The van der Waals surface area contributed by atoms with E-state index in [0.717, 1.165) is 22.3 Å². The van der Waals surface area contributed by atoms with Crippen LogP contribution in [-0.4, -0.2) is 23.2 Å². The highest BCUT2D eigenvalue weighted by atomic mass is 35.5. The fraction of sp³-hybridized carbons (Fsp3) is 0.222. The fourth-order valence-electron chi connectivity index (χ4n) is 2.31. The van der Waals surface area contributed by atoms with Crippen LogP contribution >= 0.6 is 12.4 Å². The van der Waals surface area contributed by atoms with Gasteiger partial charge in [0.15, 0.2) is 11.5 Å². The van der Waals surface area contributed by atoms with E-state index in [-0.39, 0.29) is 12.4 Å². The molecule has 1 aromatic heterocycles. The van der Waals surface area contributed by atoms with E-state index in [2.05, 4.69) is 4.98 Å². The quantitative estimate of drug-likeness (QED) is 0.690. The Morgan fingerprint density at radius 2 is 1.48 bits per heavy atom. The van der Waals surface area contributed by atoms with Crippen molar-refractivity contribution < 1.29 is 9.47 Å². The lowest BCUT2D eigenvalue weighted by Gasteiger charge is -2.12. The van der Waals surface area contributed by atoms with E-state index >= 15 is 0 Å². The Morgan fingerprint density at radius 3 is 2.09 bits per heavy atom. The van der Waals surface area contributed by atoms with Gasteiger partial charge in [0.1, 0.15) is 0 Å². The average Bonchev–Trinajstić information content (AvgIpc) is 2.56. The van der Waals surface area contributed by atoms with Crippen molar-refractivity contribution in [1.29, 1.82) is 0 Å². The summed E-state index contributed by atoms with van der Waals surface area (Å²) in [5.41, 5.74) is 3.49. The van der Waals surface area contributed by atoms with E-state index in [1.165, 1.54) is 0 Å². The zero-order valence-corrected chi connectivity index (χ0v) is 14.0. The molecule has 0 saturated heterocycles. The highest BCUT2D eigenvalue weighted by molar-refractivity contribution is 5.85. The van der Waals surface area contributed by atoms with Gasteiger partial charge in [0, 0.05) is 17.7 Å². The average molecular weight is 331 g/mol. The summed E-state index contributed by atoms with van der Waals surface area (Å²) >= 11 is 0. The Hall–Kier alpha value is -2.33. The Kier molecular flexibility index (Phi) is 5.77. The van der Waals surface area contributed by atoms with E-state index in [0.29, 0.717) is 24.7 Å². The number of hydrogen-bond donors (Lipinski definition) is 0. The third-order valence-electron chi connectivity index (χ3n) is 3.28. The molecule has 0 fully saturated rings. The maximum absolute atomic E-state index is 5.65. The van der Waals surface area contributed by atoms with Gasteiger partial charge >= 0.3 is 0 Å². The van der Waals surface area contributed by atoms with Gasteiger partial charge in [0.25, 0.3) is 0 Å². The Labute approximate surface area is 141 Å². The molecule has 2 aromatic carbocycles. The Bertz CT molecular complexity index is 779. The van der Waals surface area contributed by atoms with Crippen LogP contribution in [0.4, 0.5) is 0 Å². The molecule has 5 heteroatoms. The van der Waals surface area contributed by atoms with Gasteiger partial charge in [-0.25, -0.2) is 4.98 Å². The summed E-state index contributed by atoms with van der Waals surface area (Å²) in [6.07, 6.45) is 1.79. The van der Waals surface area contributed by atoms with Gasteiger partial charge < -0.3 is 9.47 Å². The topological polar surface area (TPSA) is 44.2 Å². The molecule has 0 spiro atoms. The van der Waals surface area contributed by atoms with Gasteiger partial charge in [-0.05, 0) is 13.8 Å². The summed E-state index contributed by atoms with van der Waals surface area (Å²) in [7, 11) is 0. The lowest BCUT2D eigenvalue weighted by atomic mass is 10.1. The van der Waals surface area contributed by atoms with E-state index in [9.17, 15) is 0 Å². The van der Waals surface area contributed by atoms with E-state index in [4.69, 9.17) is 14.5 Å². The Morgan fingerprint density at radius 1 is 0.870 bits per heavy atom. The van der Waals surface area contributed by atoms with Crippen molar-refractivity contribution in [2.45, 2.75) is 13.8 Å². The van der Waals surface area contributed by atoms with Crippen LogP contribution in [0.2, 0.25) is 0 Å². The minimum absolute atomic E-state index is 0. The summed E-state index contributed by atoms with van der Waals surface area (Å²) in [6, 6.07) is 13.8. The monoisotopic (exact) mass is 330 g/mol. The first-order valence-electron chi connectivity index (χ1n) is 7.43. The van der Waals surface area contributed by atoms with Gasteiger partial charge in [0.2, 0.25) is 0 Å². The third-order valence-corrected chi connectivity index (χ3v) is 3.28. The van der Waals surface area contributed by atoms with Crippen LogP contribution in [0.5, 0.6) is 11.5 Å². The number of halogens is 1. The minimum atomic E-state index is 0. The standard InChI is InChI=1S/C18H18N2O2.ClH/c1-3-21-17-10-14-15(11-18(17)22-4-2)20-16(12-19-14)13-8-6-5-7-9-13;/h5-12H,3-4H2,1-2H3;1H. The van der Waals surface area contributed by atoms with Gasteiger partial charge in [-0.2, -0.15) is 0 Å². The normalized spacial score (nSPS) is 10.2. The molecule has 120 valence electrons. The number of hydrogen-bond acceptors (Lipinski definition) is 4. The molecule has 0 N–H and O–H groups in total. The summed E-state index contributed by atoms with van der Waals surface area (Å²) in [5, 5.41) is 0. The van der Waals surface area contributed by atoms with Crippen LogP contribution in [0, 0.1) is 0 Å². The highest BCUT2D eigenvalue weighted by Gasteiger charge is 2.10. The number of nitrogens with zero attached hydrogens (tertiary/aromatic N) is 2. The first kappa shape index (κ1) is 17.0. The molecular formula is C18H19ClN2O2. The maximum atomic E-state index is 5.65. The molecular weight excluding hydrogens is 312 g/mol. The molecule has 23 heavy (non-hydrogen) atoms. The molecule has 3 rings (SSSR count). The van der Waals surface area contributed by atoms with Crippen LogP contribution in [-0.2, 0) is 0 Å². The molecule has 0 aliphatic rings. The van der Waals surface area contributed by atoms with E-state index in [1.807, 2.05) is 56.3 Å². The zero-order valence-electron chi connectivity index (χ0n) is 13.2. The van der Waals surface area contributed by atoms with Crippen LogP contribution in [0.15, 0.2) is 48.7 Å². The van der Waals surface area contributed by atoms with Crippen molar-refractivity contribution in [2.75, 3.05) is 13.2 Å². The molecule has 0 aliphatic carbocycles. The van der Waals surface area contributed by atoms with Crippen molar-refractivity contribution in [1.82, 2.24) is 9.97 Å². The molecule has 0 atom stereocenters. The second-order valence-corrected chi connectivity index (χ2v) is 4.77. The number of ether oxygens (including phenoxy) is 2. The lowest BCUT2D eigenvalue weighted by molar-refractivity contribution is 0.288. The minimum Gasteiger partial charge on any atom is -0.490 e. The predicted molar refractivity (Wildman–Crippen MR) is 94.6 cm³/mol. The number of aromatic nitrogens is 2. The molecule has 0 amide bonds. The summed E-state index contributed by atoms with van der Waals surface area (Å²) in [5.74, 6) is 1.41. The van der Waals surface area contributed by atoms with Crippen molar-refractivity contribution in [3.05, 3.63) is 48.7 Å². The first-order valence-corrected chi connectivity index (χ1v) is 7.43. The number of fused-ring (bicyclic) bond motifs is 1. The lowest BCUT2D eigenvalue weighted by Crippen LogP contribution is -1.99. The Balaban J connectivity index is 0.00000192. The molecule has 1 heterocycles. The van der Waals surface area contributed by atoms with Gasteiger partial charge in [0.05, 0.1) is 36.1 Å². The molecule has 0 aliphatic heterocycles. The molecule has 0 unspecified atom stereocenters. The van der Waals surface area contributed by atoms with Gasteiger partial charge in [-0.1, -0.05) is 30.3 Å². The third kappa shape index (κ3) is 3.71. The second-order valence-electron chi connectivity index (χ2n) is 4.77. The smallest absolute Gasteiger partial charge is 0.163 e. The van der Waals surface area contributed by atoms with Crippen LogP contribution in [0.25, 0.3) is 22.3 Å². The molecule has 3 aromatic rings. The van der Waals surface area contributed by atoms with E-state index in [1.54, 1.807) is 6.20 Å². The van der Waals surface area contributed by atoms with Gasteiger partial charge in [-0.3, -0.25) is 4.98 Å². The van der Waals surface area contributed by atoms with Crippen molar-refractivity contribution in [3.63, 3.8) is 0 Å². The number of benzene rings is 2. The first-order chi connectivity index (χ1) is 10.8. The summed E-state index contributed by atoms with van der Waals surface area (Å²) in [4.78, 5) is 9.20. The molecule has 0 radical (unpaired) electrons. The van der Waals surface area contributed by atoms with Gasteiger partial charge in [-0.15, -0.1) is 12.4 Å². The van der Waals surface area contributed by atoms with Crippen molar-refractivity contribution in [2.24, 2.45) is 0 Å². The summed E-state index contributed by atoms with van der Waals surface area (Å²) in [6.45, 7) is 5.06.